The van der Waals surface area contributed by atoms with Crippen LogP contribution in [0.25, 0.3) is 5.69 Å². The number of rotatable bonds is 4. The van der Waals surface area contributed by atoms with Crippen LogP contribution < -0.4 is 0 Å². The summed E-state index contributed by atoms with van der Waals surface area (Å²) in [5.41, 5.74) is 1.77. The summed E-state index contributed by atoms with van der Waals surface area (Å²) in [5.74, 6) is 0. The van der Waals surface area contributed by atoms with Crippen molar-refractivity contribution in [3.8, 4) is 5.69 Å². The minimum Gasteiger partial charge on any atom is -0.297 e. The van der Waals surface area contributed by atoms with Crippen LogP contribution in [0.1, 0.15) is 19.0 Å². The first-order valence-electron chi connectivity index (χ1n) is 5.67. The zero-order chi connectivity index (χ0) is 13.1. The maximum absolute atomic E-state index is 10.7. The SMILES string of the molecule is CCCc1cc(=S)n(-c2cccc([N+](=O)[O-])c2)[nH]1. The average molecular weight is 263 g/mol. The van der Waals surface area contributed by atoms with Crippen LogP contribution in [0.15, 0.2) is 30.3 Å². The van der Waals surface area contributed by atoms with E-state index in [0.29, 0.717) is 10.3 Å². The van der Waals surface area contributed by atoms with Gasteiger partial charge in [0, 0.05) is 17.8 Å². The van der Waals surface area contributed by atoms with E-state index in [1.807, 2.05) is 6.07 Å². The van der Waals surface area contributed by atoms with Crippen molar-refractivity contribution in [1.82, 2.24) is 9.78 Å². The summed E-state index contributed by atoms with van der Waals surface area (Å²) in [6.45, 7) is 2.08. The Morgan fingerprint density at radius 2 is 2.22 bits per heavy atom. The molecule has 2 rings (SSSR count). The molecule has 0 amide bonds. The van der Waals surface area contributed by atoms with E-state index in [1.165, 1.54) is 12.1 Å². The predicted molar refractivity (Wildman–Crippen MR) is 71.6 cm³/mol. The number of aryl methyl sites for hydroxylation is 1. The molecule has 5 nitrogen and oxygen atoms in total. The van der Waals surface area contributed by atoms with Gasteiger partial charge in [-0.05, 0) is 18.6 Å². The number of hydrogen-bond donors (Lipinski definition) is 1. The van der Waals surface area contributed by atoms with Gasteiger partial charge < -0.3 is 0 Å². The van der Waals surface area contributed by atoms with E-state index >= 15 is 0 Å². The van der Waals surface area contributed by atoms with Crippen LogP contribution >= 0.6 is 12.2 Å². The number of aromatic nitrogens is 2. The molecular weight excluding hydrogens is 250 g/mol. The van der Waals surface area contributed by atoms with Gasteiger partial charge in [-0.25, -0.2) is 4.68 Å². The van der Waals surface area contributed by atoms with E-state index in [0.717, 1.165) is 18.5 Å². The minimum absolute atomic E-state index is 0.0565. The Bertz CT molecular complexity index is 630. The average Bonchev–Trinajstić information content (AvgIpc) is 2.71. The monoisotopic (exact) mass is 263 g/mol. The normalized spacial score (nSPS) is 10.5. The second-order valence-corrected chi connectivity index (χ2v) is 4.40. The highest BCUT2D eigenvalue weighted by molar-refractivity contribution is 7.71. The van der Waals surface area contributed by atoms with Crippen molar-refractivity contribution in [2.75, 3.05) is 0 Å². The van der Waals surface area contributed by atoms with E-state index in [4.69, 9.17) is 12.2 Å². The van der Waals surface area contributed by atoms with Gasteiger partial charge in [-0.1, -0.05) is 31.6 Å². The Hall–Kier alpha value is -1.95. The third kappa shape index (κ3) is 2.48. The molecule has 6 heteroatoms. The van der Waals surface area contributed by atoms with Crippen LogP contribution in [0.4, 0.5) is 5.69 Å². The van der Waals surface area contributed by atoms with Crippen LogP contribution in [0.2, 0.25) is 0 Å². The zero-order valence-electron chi connectivity index (χ0n) is 9.92. The molecule has 18 heavy (non-hydrogen) atoms. The maximum Gasteiger partial charge on any atom is 0.271 e. The summed E-state index contributed by atoms with van der Waals surface area (Å²) in [6.07, 6.45) is 1.93. The molecule has 1 heterocycles. The van der Waals surface area contributed by atoms with Crippen LogP contribution in [0.3, 0.4) is 0 Å². The summed E-state index contributed by atoms with van der Waals surface area (Å²) in [5, 5.41) is 13.9. The summed E-state index contributed by atoms with van der Waals surface area (Å²) < 4.78 is 2.31. The number of H-pyrrole nitrogens is 1. The molecule has 0 atom stereocenters. The first-order valence-corrected chi connectivity index (χ1v) is 6.08. The Morgan fingerprint density at radius 3 is 2.89 bits per heavy atom. The smallest absolute Gasteiger partial charge is 0.271 e. The van der Waals surface area contributed by atoms with Crippen LogP contribution in [-0.2, 0) is 6.42 Å². The molecule has 94 valence electrons. The van der Waals surface area contributed by atoms with Gasteiger partial charge >= 0.3 is 0 Å². The largest absolute Gasteiger partial charge is 0.297 e. The molecular formula is C12H13N3O2S. The highest BCUT2D eigenvalue weighted by Crippen LogP contribution is 2.17. The van der Waals surface area contributed by atoms with Gasteiger partial charge in [0.15, 0.2) is 0 Å². The lowest BCUT2D eigenvalue weighted by atomic mass is 10.3. The fraction of sp³-hybridized carbons (Fsp3) is 0.250. The molecule has 0 bridgehead atoms. The second-order valence-electron chi connectivity index (χ2n) is 3.98. The summed E-state index contributed by atoms with van der Waals surface area (Å²) in [7, 11) is 0. The zero-order valence-corrected chi connectivity index (χ0v) is 10.7. The first-order chi connectivity index (χ1) is 8.61. The van der Waals surface area contributed by atoms with Crippen molar-refractivity contribution in [1.29, 1.82) is 0 Å². The van der Waals surface area contributed by atoms with Gasteiger partial charge in [0.1, 0.15) is 4.64 Å². The van der Waals surface area contributed by atoms with Gasteiger partial charge in [0.2, 0.25) is 0 Å². The topological polar surface area (TPSA) is 63.9 Å². The van der Waals surface area contributed by atoms with E-state index in [-0.39, 0.29) is 5.69 Å². The Balaban J connectivity index is 2.45. The Morgan fingerprint density at radius 1 is 1.44 bits per heavy atom. The molecule has 0 spiro atoms. The van der Waals surface area contributed by atoms with Crippen LogP contribution in [0.5, 0.6) is 0 Å². The highest BCUT2D eigenvalue weighted by Gasteiger charge is 2.08. The summed E-state index contributed by atoms with van der Waals surface area (Å²) >= 11 is 5.24. The van der Waals surface area contributed by atoms with Gasteiger partial charge in [0.05, 0.1) is 10.6 Å². The number of aromatic amines is 1. The molecule has 0 saturated carbocycles. The van der Waals surface area contributed by atoms with Gasteiger partial charge in [-0.15, -0.1) is 0 Å². The predicted octanol–water partition coefficient (Wildman–Crippen LogP) is 3.40. The van der Waals surface area contributed by atoms with Gasteiger partial charge in [-0.3, -0.25) is 15.2 Å². The number of nitro benzene ring substituents is 1. The van der Waals surface area contributed by atoms with Crippen molar-refractivity contribution in [2.45, 2.75) is 19.8 Å². The molecule has 2 aromatic rings. The first kappa shape index (κ1) is 12.5. The van der Waals surface area contributed by atoms with Gasteiger partial charge in [-0.2, -0.15) is 0 Å². The lowest BCUT2D eigenvalue weighted by molar-refractivity contribution is -0.384. The number of nitro groups is 1. The van der Waals surface area contributed by atoms with E-state index < -0.39 is 4.92 Å². The number of non-ortho nitro benzene ring substituents is 1. The molecule has 0 radical (unpaired) electrons. The van der Waals surface area contributed by atoms with Crippen molar-refractivity contribution >= 4 is 17.9 Å². The quantitative estimate of drug-likeness (QED) is 0.522. The summed E-state index contributed by atoms with van der Waals surface area (Å²) in [6, 6.07) is 8.29. The van der Waals surface area contributed by atoms with E-state index in [2.05, 4.69) is 12.0 Å². The molecule has 1 N–H and O–H groups in total. The van der Waals surface area contributed by atoms with Gasteiger partial charge in [0.25, 0.3) is 5.69 Å². The lowest BCUT2D eigenvalue weighted by Gasteiger charge is -2.02. The number of benzene rings is 1. The third-order valence-corrected chi connectivity index (χ3v) is 2.89. The van der Waals surface area contributed by atoms with Crippen molar-refractivity contribution in [3.05, 3.63) is 50.8 Å². The molecule has 0 unspecified atom stereocenters. The minimum atomic E-state index is -0.414. The molecule has 0 fully saturated rings. The number of nitrogens with zero attached hydrogens (tertiary/aromatic N) is 2. The lowest BCUT2D eigenvalue weighted by Crippen LogP contribution is -1.98. The second kappa shape index (κ2) is 5.14. The Kier molecular flexibility index (Phi) is 3.57. The molecule has 0 aliphatic heterocycles. The maximum atomic E-state index is 10.7. The van der Waals surface area contributed by atoms with E-state index in [1.54, 1.807) is 16.8 Å². The van der Waals surface area contributed by atoms with Crippen molar-refractivity contribution in [3.63, 3.8) is 0 Å². The molecule has 1 aromatic heterocycles. The standard InChI is InChI=1S/C12H13N3O2S/c1-2-4-9-7-12(18)14(13-9)10-5-3-6-11(8-10)15(16)17/h3,5-8,13H,2,4H2,1H3. The third-order valence-electron chi connectivity index (χ3n) is 2.59. The van der Waals surface area contributed by atoms with Crippen molar-refractivity contribution < 1.29 is 4.92 Å². The summed E-state index contributed by atoms with van der Waals surface area (Å²) in [4.78, 5) is 10.3. The van der Waals surface area contributed by atoms with Crippen molar-refractivity contribution in [2.24, 2.45) is 0 Å². The fourth-order valence-corrected chi connectivity index (χ4v) is 2.07. The molecule has 0 aliphatic rings. The Labute approximate surface area is 109 Å². The number of hydrogen-bond acceptors (Lipinski definition) is 3. The fourth-order valence-electron chi connectivity index (χ4n) is 1.78. The number of nitrogens with one attached hydrogen (secondary N) is 1. The van der Waals surface area contributed by atoms with Crippen LogP contribution in [0, 0.1) is 14.8 Å². The molecule has 1 aromatic carbocycles. The van der Waals surface area contributed by atoms with Crippen LogP contribution in [-0.4, -0.2) is 14.7 Å². The molecule has 0 aliphatic carbocycles. The van der Waals surface area contributed by atoms with E-state index in [9.17, 15) is 10.1 Å². The molecule has 0 saturated heterocycles. The highest BCUT2D eigenvalue weighted by atomic mass is 32.1.